The van der Waals surface area contributed by atoms with Crippen LogP contribution in [0.1, 0.15) is 57.9 Å². The van der Waals surface area contributed by atoms with Crippen molar-refractivity contribution >= 4 is 17.7 Å². The number of furan rings is 1. The van der Waals surface area contributed by atoms with Gasteiger partial charge in [-0.15, -0.1) is 0 Å². The normalized spacial score (nSPS) is 20.5. The first kappa shape index (κ1) is 23.7. The number of likely N-dealkylation sites (tertiary alicyclic amines) is 1. The maximum Gasteiger partial charge on any atom is 0.410 e. The van der Waals surface area contributed by atoms with Gasteiger partial charge in [0.05, 0.1) is 18.6 Å². The maximum absolute atomic E-state index is 13.1. The summed E-state index contributed by atoms with van der Waals surface area (Å²) in [6.45, 7) is 6.61. The lowest BCUT2D eigenvalue weighted by molar-refractivity contribution is 0.0505. The zero-order valence-corrected chi connectivity index (χ0v) is 20.4. The lowest BCUT2D eigenvalue weighted by Crippen LogP contribution is -2.48. The standard InChI is InChI=1S/C29H31N3O4/c1-3-16-35-29(34)32-15-7-10-23-26(20-8-5-4-6-9-20)31-25-14-12-21(17-24(25)27(23)32)28(33)30-18-22-13-11-19(2)36-22/h3-6,8-9,11-14,17,23,26-27,31H,1,7,10,15-16,18H2,2H3,(H,30,33)/t23-,26?,27-/m0/s1. The number of hydrogen-bond acceptors (Lipinski definition) is 5. The van der Waals surface area contributed by atoms with Crippen LogP contribution in [0.15, 0.2) is 77.7 Å². The Morgan fingerprint density at radius 2 is 2.03 bits per heavy atom. The average Bonchev–Trinajstić information content (AvgIpc) is 3.34. The van der Waals surface area contributed by atoms with Crippen LogP contribution in [0.2, 0.25) is 0 Å². The van der Waals surface area contributed by atoms with Crippen LogP contribution in [0.25, 0.3) is 0 Å². The minimum atomic E-state index is -0.354. The predicted octanol–water partition coefficient (Wildman–Crippen LogP) is 5.76. The summed E-state index contributed by atoms with van der Waals surface area (Å²) < 4.78 is 11.0. The first-order chi connectivity index (χ1) is 17.5. The van der Waals surface area contributed by atoms with Crippen molar-refractivity contribution in [2.24, 2.45) is 5.92 Å². The molecule has 2 N–H and O–H groups in total. The van der Waals surface area contributed by atoms with Crippen molar-refractivity contribution in [2.75, 3.05) is 18.5 Å². The van der Waals surface area contributed by atoms with E-state index < -0.39 is 0 Å². The van der Waals surface area contributed by atoms with Crippen LogP contribution in [-0.2, 0) is 11.3 Å². The summed E-state index contributed by atoms with van der Waals surface area (Å²) in [6, 6.07) is 19.5. The Kier molecular flexibility index (Phi) is 6.80. The van der Waals surface area contributed by atoms with Crippen LogP contribution in [0, 0.1) is 12.8 Å². The molecule has 1 aromatic heterocycles. The zero-order valence-electron chi connectivity index (χ0n) is 20.4. The number of piperidine rings is 1. The number of aryl methyl sites for hydroxylation is 1. The highest BCUT2D eigenvalue weighted by Crippen LogP contribution is 2.50. The van der Waals surface area contributed by atoms with E-state index in [1.165, 1.54) is 5.56 Å². The number of nitrogens with zero attached hydrogens (tertiary/aromatic N) is 1. The molecule has 1 unspecified atom stereocenters. The van der Waals surface area contributed by atoms with E-state index in [0.717, 1.165) is 29.9 Å². The SMILES string of the molecule is C=CCOC(=O)N1CCC[C@H]2C(c3ccccc3)Nc3ccc(C(=O)NCc4ccc(C)o4)cc3[C@H]21. The average molecular weight is 486 g/mol. The van der Waals surface area contributed by atoms with Gasteiger partial charge in [0.2, 0.25) is 0 Å². The fourth-order valence-corrected chi connectivity index (χ4v) is 5.39. The van der Waals surface area contributed by atoms with Crippen molar-refractivity contribution < 1.29 is 18.7 Å². The number of rotatable bonds is 6. The molecule has 7 heteroatoms. The zero-order chi connectivity index (χ0) is 25.1. The molecule has 0 bridgehead atoms. The third-order valence-corrected chi connectivity index (χ3v) is 6.99. The first-order valence-electron chi connectivity index (χ1n) is 12.4. The minimum Gasteiger partial charge on any atom is -0.465 e. The highest BCUT2D eigenvalue weighted by atomic mass is 16.6. The van der Waals surface area contributed by atoms with Gasteiger partial charge in [0.15, 0.2) is 0 Å². The van der Waals surface area contributed by atoms with Gasteiger partial charge in [0.25, 0.3) is 5.91 Å². The Bertz CT molecular complexity index is 1250. The number of ether oxygens (including phenoxy) is 1. The van der Waals surface area contributed by atoms with E-state index >= 15 is 0 Å². The van der Waals surface area contributed by atoms with E-state index in [2.05, 4.69) is 29.3 Å². The summed E-state index contributed by atoms with van der Waals surface area (Å²) in [7, 11) is 0. The van der Waals surface area contributed by atoms with Crippen LogP contribution in [0.4, 0.5) is 10.5 Å². The number of carbonyl (C=O) groups excluding carboxylic acids is 2. The fraction of sp³-hybridized carbons (Fsp3) is 0.310. The molecule has 2 aliphatic heterocycles. The molecule has 0 spiro atoms. The fourth-order valence-electron chi connectivity index (χ4n) is 5.39. The van der Waals surface area contributed by atoms with Crippen molar-refractivity contribution in [2.45, 2.75) is 38.4 Å². The molecular weight excluding hydrogens is 454 g/mol. The molecule has 3 aromatic rings. The second-order valence-electron chi connectivity index (χ2n) is 9.34. The number of benzene rings is 2. The molecule has 0 radical (unpaired) electrons. The molecule has 0 saturated carbocycles. The van der Waals surface area contributed by atoms with Gasteiger partial charge in [-0.1, -0.05) is 43.0 Å². The molecule has 2 amide bonds. The number of fused-ring (bicyclic) bond motifs is 3. The highest BCUT2D eigenvalue weighted by Gasteiger charge is 2.44. The number of carbonyl (C=O) groups is 2. The summed E-state index contributed by atoms with van der Waals surface area (Å²) in [5, 5.41) is 6.63. The van der Waals surface area contributed by atoms with Gasteiger partial charge < -0.3 is 24.7 Å². The molecule has 2 aliphatic rings. The van der Waals surface area contributed by atoms with Gasteiger partial charge in [-0.05, 0) is 61.2 Å². The third kappa shape index (κ3) is 4.73. The van der Waals surface area contributed by atoms with E-state index in [-0.39, 0.29) is 36.6 Å². The van der Waals surface area contributed by atoms with Crippen molar-refractivity contribution in [3.63, 3.8) is 0 Å². The van der Waals surface area contributed by atoms with Crippen molar-refractivity contribution in [3.05, 3.63) is 102 Å². The minimum absolute atomic E-state index is 0.0422. The Morgan fingerprint density at radius 3 is 2.78 bits per heavy atom. The molecule has 36 heavy (non-hydrogen) atoms. The van der Waals surface area contributed by atoms with E-state index in [4.69, 9.17) is 9.15 Å². The number of hydrogen-bond donors (Lipinski definition) is 2. The van der Waals surface area contributed by atoms with Gasteiger partial charge in [-0.2, -0.15) is 0 Å². The Hall–Kier alpha value is -4.00. The van der Waals surface area contributed by atoms with Crippen LogP contribution in [0.5, 0.6) is 0 Å². The summed E-state index contributed by atoms with van der Waals surface area (Å²) in [6.07, 6.45) is 3.06. The van der Waals surface area contributed by atoms with Gasteiger partial charge in [-0.3, -0.25) is 4.79 Å². The van der Waals surface area contributed by atoms with E-state index in [1.54, 1.807) is 6.08 Å². The molecule has 186 valence electrons. The van der Waals surface area contributed by atoms with E-state index in [9.17, 15) is 9.59 Å². The van der Waals surface area contributed by atoms with Gasteiger partial charge in [0.1, 0.15) is 18.1 Å². The Labute approximate surface area is 211 Å². The second-order valence-corrected chi connectivity index (χ2v) is 9.34. The van der Waals surface area contributed by atoms with Gasteiger partial charge in [0, 0.05) is 23.7 Å². The monoisotopic (exact) mass is 485 g/mol. The summed E-state index contributed by atoms with van der Waals surface area (Å²) in [5.74, 6) is 1.45. The molecule has 0 aliphatic carbocycles. The molecule has 3 heterocycles. The number of amides is 2. The molecule has 5 rings (SSSR count). The van der Waals surface area contributed by atoms with Crippen LogP contribution in [0.3, 0.4) is 0 Å². The second kappa shape index (κ2) is 10.3. The Balaban J connectivity index is 1.48. The Morgan fingerprint density at radius 1 is 1.19 bits per heavy atom. The van der Waals surface area contributed by atoms with Gasteiger partial charge >= 0.3 is 6.09 Å². The molecule has 3 atom stereocenters. The van der Waals surface area contributed by atoms with Crippen molar-refractivity contribution in [3.8, 4) is 0 Å². The maximum atomic E-state index is 13.1. The summed E-state index contributed by atoms with van der Waals surface area (Å²) in [4.78, 5) is 27.9. The molecule has 1 fully saturated rings. The molecule has 1 saturated heterocycles. The molecule has 7 nitrogen and oxygen atoms in total. The lowest BCUT2D eigenvalue weighted by atomic mass is 9.74. The quantitative estimate of drug-likeness (QED) is 0.434. The van der Waals surface area contributed by atoms with E-state index in [1.807, 2.05) is 60.4 Å². The lowest BCUT2D eigenvalue weighted by Gasteiger charge is -2.48. The predicted molar refractivity (Wildman–Crippen MR) is 138 cm³/mol. The van der Waals surface area contributed by atoms with E-state index in [0.29, 0.717) is 24.4 Å². The van der Waals surface area contributed by atoms with Crippen LogP contribution < -0.4 is 10.6 Å². The molecule has 2 aromatic carbocycles. The van der Waals surface area contributed by atoms with Crippen LogP contribution in [-0.4, -0.2) is 30.1 Å². The largest absolute Gasteiger partial charge is 0.465 e. The smallest absolute Gasteiger partial charge is 0.410 e. The molecular formula is C29H31N3O4. The summed E-state index contributed by atoms with van der Waals surface area (Å²) in [5.41, 5.74) is 3.58. The van der Waals surface area contributed by atoms with Crippen molar-refractivity contribution in [1.82, 2.24) is 10.2 Å². The number of nitrogens with one attached hydrogen (secondary N) is 2. The number of anilines is 1. The summed E-state index contributed by atoms with van der Waals surface area (Å²) >= 11 is 0. The van der Waals surface area contributed by atoms with Gasteiger partial charge in [-0.25, -0.2) is 4.79 Å². The van der Waals surface area contributed by atoms with Crippen LogP contribution >= 0.6 is 0 Å². The first-order valence-corrected chi connectivity index (χ1v) is 12.4. The van der Waals surface area contributed by atoms with Crippen molar-refractivity contribution in [1.29, 1.82) is 0 Å². The topological polar surface area (TPSA) is 83.8 Å². The highest BCUT2D eigenvalue weighted by molar-refractivity contribution is 5.95. The third-order valence-electron chi connectivity index (χ3n) is 6.99.